The molecule has 1 rings (SSSR count). The minimum atomic E-state index is -4.57. The molecule has 1 aromatic heterocycles. The lowest BCUT2D eigenvalue weighted by molar-refractivity contribution is -0.142. The van der Waals surface area contributed by atoms with Gasteiger partial charge in [0.05, 0.1) is 6.42 Å². The highest BCUT2D eigenvalue weighted by Gasteiger charge is 2.33. The molecular weight excluding hydrogens is 279 g/mol. The molecule has 0 saturated heterocycles. The van der Waals surface area contributed by atoms with Crippen molar-refractivity contribution >= 4 is 11.9 Å². The first-order chi connectivity index (χ1) is 8.99. The number of nitrogens with one attached hydrogen (secondary N) is 1. The van der Waals surface area contributed by atoms with Crippen LogP contribution in [0.25, 0.3) is 0 Å². The average Bonchev–Trinajstić information content (AvgIpc) is 2.61. The van der Waals surface area contributed by atoms with E-state index in [4.69, 9.17) is 5.11 Å². The molecule has 0 atom stereocenters. The van der Waals surface area contributed by atoms with E-state index in [9.17, 15) is 22.8 Å². The van der Waals surface area contributed by atoms with Crippen LogP contribution in [0.2, 0.25) is 0 Å². The number of aliphatic carboxylic acids is 1. The number of carboxylic acid groups (broad SMARTS) is 1. The van der Waals surface area contributed by atoms with Crippen LogP contribution >= 0.6 is 0 Å². The van der Waals surface area contributed by atoms with E-state index in [1.54, 1.807) is 0 Å². The van der Waals surface area contributed by atoms with Gasteiger partial charge in [0.25, 0.3) is 0 Å². The minimum absolute atomic E-state index is 0.300. The molecule has 0 aromatic carbocycles. The predicted molar refractivity (Wildman–Crippen MR) is 61.7 cm³/mol. The molecule has 0 spiro atoms. The Morgan fingerprint density at radius 3 is 2.45 bits per heavy atom. The maximum atomic E-state index is 12.3. The van der Waals surface area contributed by atoms with Crippen LogP contribution in [-0.2, 0) is 22.3 Å². The molecule has 2 N–H and O–H groups in total. The number of aromatic nitrogens is 2. The van der Waals surface area contributed by atoms with Crippen molar-refractivity contribution in [3.05, 3.63) is 18.0 Å². The summed E-state index contributed by atoms with van der Waals surface area (Å²) >= 11 is 0. The van der Waals surface area contributed by atoms with Gasteiger partial charge < -0.3 is 10.4 Å². The van der Waals surface area contributed by atoms with E-state index in [0.717, 1.165) is 16.9 Å². The number of hydrogen-bond donors (Lipinski definition) is 2. The molecule has 1 heterocycles. The fourth-order valence-corrected chi connectivity index (χ4v) is 1.59. The summed E-state index contributed by atoms with van der Waals surface area (Å²) in [7, 11) is 0. The second-order valence-corrected chi connectivity index (χ2v) is 4.90. The van der Waals surface area contributed by atoms with E-state index in [-0.39, 0.29) is 6.42 Å². The predicted octanol–water partition coefficient (Wildman–Crippen LogP) is 1.27. The molecule has 0 aliphatic carbocycles. The first-order valence-corrected chi connectivity index (χ1v) is 5.63. The molecule has 1 aromatic rings. The van der Waals surface area contributed by atoms with E-state index >= 15 is 0 Å². The van der Waals surface area contributed by atoms with Crippen molar-refractivity contribution in [2.45, 2.75) is 38.5 Å². The van der Waals surface area contributed by atoms with E-state index in [2.05, 4.69) is 10.4 Å². The summed E-state index contributed by atoms with van der Waals surface area (Å²) < 4.78 is 37.8. The smallest absolute Gasteiger partial charge is 0.435 e. The van der Waals surface area contributed by atoms with Crippen molar-refractivity contribution < 1.29 is 27.9 Å². The third kappa shape index (κ3) is 4.90. The van der Waals surface area contributed by atoms with Crippen molar-refractivity contribution in [1.82, 2.24) is 15.1 Å². The third-order valence-corrected chi connectivity index (χ3v) is 2.31. The third-order valence-electron chi connectivity index (χ3n) is 2.31. The zero-order valence-corrected chi connectivity index (χ0v) is 10.9. The highest BCUT2D eigenvalue weighted by Crippen LogP contribution is 2.27. The van der Waals surface area contributed by atoms with Gasteiger partial charge in [-0.15, -0.1) is 0 Å². The van der Waals surface area contributed by atoms with E-state index in [0.29, 0.717) is 0 Å². The molecule has 0 unspecified atom stereocenters. The summed E-state index contributed by atoms with van der Waals surface area (Å²) in [6.45, 7) is 2.59. The van der Waals surface area contributed by atoms with Gasteiger partial charge in [-0.2, -0.15) is 18.3 Å². The van der Waals surface area contributed by atoms with Gasteiger partial charge in [-0.1, -0.05) is 0 Å². The van der Waals surface area contributed by atoms with Gasteiger partial charge in [0, 0.05) is 11.7 Å². The van der Waals surface area contributed by atoms with Crippen LogP contribution in [0.1, 0.15) is 26.0 Å². The maximum Gasteiger partial charge on any atom is 0.435 e. The van der Waals surface area contributed by atoms with Crippen LogP contribution in [0.3, 0.4) is 0 Å². The van der Waals surface area contributed by atoms with Gasteiger partial charge >= 0.3 is 12.1 Å². The zero-order valence-electron chi connectivity index (χ0n) is 10.9. The van der Waals surface area contributed by atoms with Gasteiger partial charge in [0.15, 0.2) is 5.69 Å². The van der Waals surface area contributed by atoms with Crippen LogP contribution in [0.4, 0.5) is 13.2 Å². The first kappa shape index (κ1) is 16.0. The number of halogens is 3. The molecule has 0 aliphatic heterocycles. The van der Waals surface area contributed by atoms with Crippen LogP contribution in [0.15, 0.2) is 12.3 Å². The Bertz CT molecular complexity index is 509. The van der Waals surface area contributed by atoms with Crippen LogP contribution in [0, 0.1) is 0 Å². The first-order valence-electron chi connectivity index (χ1n) is 5.63. The maximum absolute atomic E-state index is 12.3. The molecule has 6 nitrogen and oxygen atoms in total. The van der Waals surface area contributed by atoms with E-state index in [1.807, 2.05) is 0 Å². The SMILES string of the molecule is CC(C)(CC(=O)O)NC(=O)Cn1ccc(C(F)(F)F)n1. The van der Waals surface area contributed by atoms with Crippen molar-refractivity contribution in [2.24, 2.45) is 0 Å². The fourth-order valence-electron chi connectivity index (χ4n) is 1.59. The average molecular weight is 293 g/mol. The molecule has 112 valence electrons. The highest BCUT2D eigenvalue weighted by atomic mass is 19.4. The molecule has 0 aliphatic rings. The van der Waals surface area contributed by atoms with Crippen LogP contribution in [-0.4, -0.2) is 32.3 Å². The Labute approximate surface area is 112 Å². The number of nitrogens with zero attached hydrogens (tertiary/aromatic N) is 2. The Balaban J connectivity index is 2.63. The van der Waals surface area contributed by atoms with Gasteiger partial charge in [0.2, 0.25) is 5.91 Å². The molecule has 0 fully saturated rings. The van der Waals surface area contributed by atoms with Crippen LogP contribution < -0.4 is 5.32 Å². The van der Waals surface area contributed by atoms with Gasteiger partial charge in [-0.25, -0.2) is 0 Å². The quantitative estimate of drug-likeness (QED) is 0.856. The number of carbonyl (C=O) groups excluding carboxylic acids is 1. The number of rotatable bonds is 5. The largest absolute Gasteiger partial charge is 0.481 e. The Morgan fingerprint density at radius 2 is 2.00 bits per heavy atom. The normalized spacial score (nSPS) is 12.2. The molecule has 9 heteroatoms. The van der Waals surface area contributed by atoms with E-state index < -0.39 is 35.8 Å². The number of carboxylic acids is 1. The van der Waals surface area contributed by atoms with Gasteiger partial charge in [-0.3, -0.25) is 14.3 Å². The van der Waals surface area contributed by atoms with E-state index in [1.165, 1.54) is 13.8 Å². The summed E-state index contributed by atoms with van der Waals surface area (Å²) in [4.78, 5) is 22.2. The number of carbonyl (C=O) groups is 2. The summed E-state index contributed by atoms with van der Waals surface area (Å²) in [6.07, 6.45) is -3.83. The molecule has 1 amide bonds. The summed E-state index contributed by atoms with van der Waals surface area (Å²) in [5, 5.41) is 14.3. The lowest BCUT2D eigenvalue weighted by atomic mass is 10.0. The van der Waals surface area contributed by atoms with Crippen LogP contribution in [0.5, 0.6) is 0 Å². The summed E-state index contributed by atoms with van der Waals surface area (Å²) in [5.74, 6) is -1.71. The van der Waals surface area contributed by atoms with Crippen molar-refractivity contribution in [3.8, 4) is 0 Å². The number of amides is 1. The second kappa shape index (κ2) is 5.51. The fraction of sp³-hybridized carbons (Fsp3) is 0.545. The van der Waals surface area contributed by atoms with Gasteiger partial charge in [-0.05, 0) is 19.9 Å². The van der Waals surface area contributed by atoms with Gasteiger partial charge in [0.1, 0.15) is 6.54 Å². The topological polar surface area (TPSA) is 84.2 Å². The highest BCUT2D eigenvalue weighted by molar-refractivity contribution is 5.77. The van der Waals surface area contributed by atoms with Crippen molar-refractivity contribution in [2.75, 3.05) is 0 Å². The molecule has 0 bridgehead atoms. The summed E-state index contributed by atoms with van der Waals surface area (Å²) in [5.41, 5.74) is -2.08. The standard InChI is InChI=1S/C11H14F3N3O3/c1-10(2,5-9(19)20)15-8(18)6-17-4-3-7(16-17)11(12,13)14/h3-4H,5-6H2,1-2H3,(H,15,18)(H,19,20). The molecule has 20 heavy (non-hydrogen) atoms. The zero-order chi connectivity index (χ0) is 15.6. The lowest BCUT2D eigenvalue weighted by Crippen LogP contribution is -2.46. The number of alkyl halides is 3. The van der Waals surface area contributed by atoms with Crippen molar-refractivity contribution in [3.63, 3.8) is 0 Å². The monoisotopic (exact) mass is 293 g/mol. The Hall–Kier alpha value is -2.06. The molecule has 0 saturated carbocycles. The number of hydrogen-bond acceptors (Lipinski definition) is 3. The Morgan fingerprint density at radius 1 is 1.40 bits per heavy atom. The van der Waals surface area contributed by atoms with Crippen molar-refractivity contribution in [1.29, 1.82) is 0 Å². The minimum Gasteiger partial charge on any atom is -0.481 e. The molecule has 0 radical (unpaired) electrons. The second-order valence-electron chi connectivity index (χ2n) is 4.90. The Kier molecular flexibility index (Phi) is 4.41. The summed E-state index contributed by atoms with van der Waals surface area (Å²) in [6, 6.07) is 0.760. The lowest BCUT2D eigenvalue weighted by Gasteiger charge is -2.24. The molecular formula is C11H14F3N3O3.